The molecule has 0 atom stereocenters. The lowest BCUT2D eigenvalue weighted by Gasteiger charge is -2.13. The van der Waals surface area contributed by atoms with Gasteiger partial charge in [-0.15, -0.1) is 0 Å². The Morgan fingerprint density at radius 2 is 2.50 bits per heavy atom. The number of imidazole rings is 1. The maximum Gasteiger partial charge on any atom is 0.271 e. The van der Waals surface area contributed by atoms with Gasteiger partial charge in [-0.25, -0.2) is 4.98 Å². The maximum atomic E-state index is 11.8. The molecule has 86 valence electrons. The van der Waals surface area contributed by atoms with Crippen molar-refractivity contribution in [1.82, 2.24) is 20.2 Å². The number of nitrogens with one attached hydrogen (secondary N) is 2. The Balaban J connectivity index is 1.67. The Kier molecular flexibility index (Phi) is 2.40. The topological polar surface area (TPSA) is 59.0 Å². The van der Waals surface area contributed by atoms with Gasteiger partial charge in [0.15, 0.2) is 0 Å². The van der Waals surface area contributed by atoms with Gasteiger partial charge < -0.3 is 15.2 Å². The molecule has 1 saturated carbocycles. The predicted octanol–water partition coefficient (Wildman–Crippen LogP) is 0.126. The second kappa shape index (κ2) is 3.90. The third-order valence-corrected chi connectivity index (χ3v) is 3.15. The summed E-state index contributed by atoms with van der Waals surface area (Å²) in [4.78, 5) is 16.1. The van der Waals surface area contributed by atoms with Gasteiger partial charge in [-0.1, -0.05) is 0 Å². The highest BCUT2D eigenvalue weighted by molar-refractivity contribution is 5.92. The summed E-state index contributed by atoms with van der Waals surface area (Å²) in [6.45, 7) is 3.42. The minimum Gasteiger partial charge on any atom is -0.350 e. The van der Waals surface area contributed by atoms with Crippen molar-refractivity contribution in [3.63, 3.8) is 0 Å². The van der Waals surface area contributed by atoms with Crippen molar-refractivity contribution in [1.29, 1.82) is 0 Å². The first-order valence-corrected chi connectivity index (χ1v) is 5.88. The monoisotopic (exact) mass is 220 g/mol. The number of carbonyl (C=O) groups is 1. The Hall–Kier alpha value is -1.36. The summed E-state index contributed by atoms with van der Waals surface area (Å²) in [6, 6.07) is 0. The Bertz CT molecular complexity index is 385. The second-order valence-corrected chi connectivity index (χ2v) is 4.57. The molecule has 1 aromatic heterocycles. The molecular formula is C11H16N4O. The normalized spacial score (nSPS) is 19.2. The highest BCUT2D eigenvalue weighted by atomic mass is 16.1. The van der Waals surface area contributed by atoms with Gasteiger partial charge in [-0.3, -0.25) is 4.79 Å². The van der Waals surface area contributed by atoms with Crippen LogP contribution in [0.25, 0.3) is 0 Å². The smallest absolute Gasteiger partial charge is 0.271 e. The van der Waals surface area contributed by atoms with Crippen LogP contribution in [0.5, 0.6) is 0 Å². The van der Waals surface area contributed by atoms with Crippen LogP contribution in [0.4, 0.5) is 0 Å². The molecule has 1 aromatic rings. The largest absolute Gasteiger partial charge is 0.350 e. The maximum absolute atomic E-state index is 11.8. The summed E-state index contributed by atoms with van der Waals surface area (Å²) in [5.41, 5.74) is 0.555. The zero-order valence-electron chi connectivity index (χ0n) is 9.20. The molecule has 0 spiro atoms. The quantitative estimate of drug-likeness (QED) is 0.761. The van der Waals surface area contributed by atoms with Crippen LogP contribution in [0.15, 0.2) is 6.20 Å². The van der Waals surface area contributed by atoms with Crippen LogP contribution < -0.4 is 10.6 Å². The Morgan fingerprint density at radius 1 is 1.62 bits per heavy atom. The first-order chi connectivity index (χ1) is 7.83. The van der Waals surface area contributed by atoms with E-state index in [1.165, 1.54) is 12.8 Å². The standard InChI is InChI=1S/C11H16N4O/c16-11(13-5-8-1-2-8)9-7-15-4-3-12-6-10(15)14-9/h7-8,12H,1-6H2,(H,13,16). The number of fused-ring (bicyclic) bond motifs is 1. The minimum atomic E-state index is -0.0335. The van der Waals surface area contributed by atoms with Crippen LogP contribution in [0.1, 0.15) is 29.2 Å². The van der Waals surface area contributed by atoms with Crippen LogP contribution in [0.3, 0.4) is 0 Å². The lowest BCUT2D eigenvalue weighted by atomic mass is 10.4. The molecule has 1 aliphatic heterocycles. The van der Waals surface area contributed by atoms with E-state index in [0.29, 0.717) is 11.6 Å². The van der Waals surface area contributed by atoms with Gasteiger partial charge in [-0.05, 0) is 18.8 Å². The summed E-state index contributed by atoms with van der Waals surface area (Å²) < 4.78 is 2.06. The molecule has 3 rings (SSSR count). The first kappa shape index (κ1) is 9.84. The Labute approximate surface area is 94.2 Å². The van der Waals surface area contributed by atoms with E-state index in [1.807, 2.05) is 6.20 Å². The van der Waals surface area contributed by atoms with Crippen molar-refractivity contribution in [2.75, 3.05) is 13.1 Å². The molecule has 0 bridgehead atoms. The molecule has 2 heterocycles. The van der Waals surface area contributed by atoms with E-state index in [2.05, 4.69) is 20.2 Å². The first-order valence-electron chi connectivity index (χ1n) is 5.88. The molecule has 5 heteroatoms. The highest BCUT2D eigenvalue weighted by Gasteiger charge is 2.23. The zero-order chi connectivity index (χ0) is 11.0. The van der Waals surface area contributed by atoms with Gasteiger partial charge in [0.05, 0.1) is 6.54 Å². The molecule has 1 aliphatic carbocycles. The van der Waals surface area contributed by atoms with E-state index < -0.39 is 0 Å². The zero-order valence-corrected chi connectivity index (χ0v) is 9.20. The molecule has 2 aliphatic rings. The SMILES string of the molecule is O=C(NCC1CC1)c1cn2c(n1)CNCC2. The van der Waals surface area contributed by atoms with Crippen molar-refractivity contribution in [3.05, 3.63) is 17.7 Å². The highest BCUT2D eigenvalue weighted by Crippen LogP contribution is 2.27. The van der Waals surface area contributed by atoms with E-state index in [1.54, 1.807) is 0 Å². The fourth-order valence-electron chi connectivity index (χ4n) is 1.95. The average molecular weight is 220 g/mol. The van der Waals surface area contributed by atoms with Crippen molar-refractivity contribution in [3.8, 4) is 0 Å². The molecule has 0 unspecified atom stereocenters. The predicted molar refractivity (Wildman–Crippen MR) is 59.0 cm³/mol. The van der Waals surface area contributed by atoms with Gasteiger partial charge in [-0.2, -0.15) is 0 Å². The lowest BCUT2D eigenvalue weighted by Crippen LogP contribution is -2.27. The molecule has 1 fully saturated rings. The Morgan fingerprint density at radius 3 is 3.25 bits per heavy atom. The molecule has 5 nitrogen and oxygen atoms in total. The lowest BCUT2D eigenvalue weighted by molar-refractivity contribution is 0.0947. The van der Waals surface area contributed by atoms with E-state index in [9.17, 15) is 4.79 Å². The third kappa shape index (κ3) is 1.95. The fourth-order valence-corrected chi connectivity index (χ4v) is 1.95. The van der Waals surface area contributed by atoms with Crippen molar-refractivity contribution in [2.45, 2.75) is 25.9 Å². The molecule has 0 aromatic carbocycles. The van der Waals surface area contributed by atoms with Gasteiger partial charge >= 0.3 is 0 Å². The number of hydrogen-bond acceptors (Lipinski definition) is 3. The average Bonchev–Trinajstić information content (AvgIpc) is 3.02. The second-order valence-electron chi connectivity index (χ2n) is 4.57. The summed E-state index contributed by atoms with van der Waals surface area (Å²) in [5.74, 6) is 1.64. The van der Waals surface area contributed by atoms with E-state index in [-0.39, 0.29) is 5.91 Å². The van der Waals surface area contributed by atoms with Crippen LogP contribution in [0.2, 0.25) is 0 Å². The number of aromatic nitrogens is 2. The van der Waals surface area contributed by atoms with Crippen LogP contribution in [-0.4, -0.2) is 28.5 Å². The summed E-state index contributed by atoms with van der Waals surface area (Å²) in [7, 11) is 0. The number of carbonyl (C=O) groups excluding carboxylic acids is 1. The van der Waals surface area contributed by atoms with E-state index >= 15 is 0 Å². The third-order valence-electron chi connectivity index (χ3n) is 3.15. The van der Waals surface area contributed by atoms with Crippen molar-refractivity contribution in [2.24, 2.45) is 5.92 Å². The molecule has 16 heavy (non-hydrogen) atoms. The van der Waals surface area contributed by atoms with Crippen LogP contribution in [0, 0.1) is 5.92 Å². The van der Waals surface area contributed by atoms with E-state index in [0.717, 1.165) is 32.0 Å². The molecular weight excluding hydrogens is 204 g/mol. The molecule has 0 radical (unpaired) electrons. The van der Waals surface area contributed by atoms with Crippen LogP contribution in [-0.2, 0) is 13.1 Å². The molecule has 0 saturated heterocycles. The van der Waals surface area contributed by atoms with E-state index in [4.69, 9.17) is 0 Å². The van der Waals surface area contributed by atoms with Gasteiger partial charge in [0.25, 0.3) is 5.91 Å². The number of rotatable bonds is 3. The van der Waals surface area contributed by atoms with Gasteiger partial charge in [0.1, 0.15) is 11.5 Å². The molecule has 2 N–H and O–H groups in total. The number of nitrogens with zero attached hydrogens (tertiary/aromatic N) is 2. The summed E-state index contributed by atoms with van der Waals surface area (Å²) >= 11 is 0. The van der Waals surface area contributed by atoms with Gasteiger partial charge in [0.2, 0.25) is 0 Å². The summed E-state index contributed by atoms with van der Waals surface area (Å²) in [6.07, 6.45) is 4.37. The molecule has 1 amide bonds. The minimum absolute atomic E-state index is 0.0335. The fraction of sp³-hybridized carbons (Fsp3) is 0.636. The number of amides is 1. The number of hydrogen-bond donors (Lipinski definition) is 2. The summed E-state index contributed by atoms with van der Waals surface area (Å²) in [5, 5.41) is 6.17. The van der Waals surface area contributed by atoms with Crippen molar-refractivity contribution >= 4 is 5.91 Å². The van der Waals surface area contributed by atoms with Crippen LogP contribution >= 0.6 is 0 Å². The van der Waals surface area contributed by atoms with Crippen molar-refractivity contribution < 1.29 is 4.79 Å². The van der Waals surface area contributed by atoms with Gasteiger partial charge in [0, 0.05) is 25.8 Å².